The van der Waals surface area contributed by atoms with Crippen molar-refractivity contribution in [3.8, 4) is 0 Å². The fourth-order valence-electron chi connectivity index (χ4n) is 5.07. The molecule has 0 saturated carbocycles. The molecule has 2 saturated heterocycles. The fraction of sp³-hybridized carbons (Fsp3) is 0.478. The number of aryl methyl sites for hydroxylation is 1. The zero-order valence-corrected chi connectivity index (χ0v) is 18.4. The average Bonchev–Trinajstić information content (AvgIpc) is 3.25. The molecule has 1 aromatic heterocycles. The Hall–Kier alpha value is -3.16. The number of nitrogens with one attached hydrogen (secondary N) is 1. The maximum atomic E-state index is 12.7. The summed E-state index contributed by atoms with van der Waals surface area (Å²) in [6.45, 7) is 10.2. The van der Waals surface area contributed by atoms with Gasteiger partial charge in [0.05, 0.1) is 12.4 Å². The van der Waals surface area contributed by atoms with Crippen LogP contribution < -0.4 is 10.2 Å². The average molecular weight is 424 g/mol. The summed E-state index contributed by atoms with van der Waals surface area (Å²) in [6, 6.07) is 7.54. The van der Waals surface area contributed by atoms with E-state index in [1.807, 2.05) is 31.2 Å². The topological polar surface area (TPSA) is 98.7 Å². The summed E-state index contributed by atoms with van der Waals surface area (Å²) in [5, 5.41) is 12.5. The largest absolute Gasteiger partial charge is 0.465 e. The highest BCUT2D eigenvalue weighted by Gasteiger charge is 2.52. The molecular weight excluding hydrogens is 394 g/mol. The van der Waals surface area contributed by atoms with Gasteiger partial charge in [-0.3, -0.25) is 9.78 Å². The molecule has 2 amide bonds. The Morgan fingerprint density at radius 3 is 2.61 bits per heavy atom. The number of carboxylic acid groups (broad SMARTS) is 1. The van der Waals surface area contributed by atoms with Crippen LogP contribution in [0.1, 0.15) is 36.8 Å². The van der Waals surface area contributed by atoms with Crippen LogP contribution in [0.3, 0.4) is 0 Å². The predicted octanol–water partition coefficient (Wildman–Crippen LogP) is 3.50. The number of benzene rings is 1. The lowest BCUT2D eigenvalue weighted by Crippen LogP contribution is -2.47. The zero-order chi connectivity index (χ0) is 22.3. The van der Waals surface area contributed by atoms with Crippen molar-refractivity contribution in [1.82, 2.24) is 14.9 Å². The number of anilines is 2. The number of carbonyl (C=O) groups excluding carboxylic acids is 1. The Morgan fingerprint density at radius 2 is 1.94 bits per heavy atom. The van der Waals surface area contributed by atoms with Crippen LogP contribution >= 0.6 is 0 Å². The third-order valence-corrected chi connectivity index (χ3v) is 6.25. The van der Waals surface area contributed by atoms with Gasteiger partial charge in [-0.2, -0.15) is 0 Å². The van der Waals surface area contributed by atoms with E-state index in [0.29, 0.717) is 25.5 Å². The second-order valence-electron chi connectivity index (χ2n) is 9.66. The van der Waals surface area contributed by atoms with Crippen LogP contribution in [0.5, 0.6) is 0 Å². The molecule has 0 aliphatic carbocycles. The molecule has 31 heavy (non-hydrogen) atoms. The number of carbonyl (C=O) groups is 2. The van der Waals surface area contributed by atoms with Gasteiger partial charge in [-0.05, 0) is 30.0 Å². The monoisotopic (exact) mass is 423 g/mol. The summed E-state index contributed by atoms with van der Waals surface area (Å²) in [6.07, 6.45) is 2.29. The van der Waals surface area contributed by atoms with Crippen molar-refractivity contribution in [3.63, 3.8) is 0 Å². The Balaban J connectivity index is 1.51. The van der Waals surface area contributed by atoms with Gasteiger partial charge < -0.3 is 20.2 Å². The molecule has 2 aromatic rings. The molecule has 2 aliphatic rings. The zero-order valence-electron chi connectivity index (χ0n) is 18.4. The van der Waals surface area contributed by atoms with Gasteiger partial charge in [-0.25, -0.2) is 9.78 Å². The Labute approximate surface area is 182 Å². The van der Waals surface area contributed by atoms with Crippen LogP contribution in [0, 0.1) is 24.2 Å². The Morgan fingerprint density at radius 1 is 1.16 bits per heavy atom. The molecule has 0 bridgehead atoms. The smallest absolute Gasteiger partial charge is 0.407 e. The summed E-state index contributed by atoms with van der Waals surface area (Å²) in [4.78, 5) is 37.0. The van der Waals surface area contributed by atoms with Gasteiger partial charge in [0.25, 0.3) is 5.91 Å². The van der Waals surface area contributed by atoms with Crippen LogP contribution in [0.4, 0.5) is 16.3 Å². The lowest BCUT2D eigenvalue weighted by molar-refractivity contribution is 0.0925. The van der Waals surface area contributed by atoms with Gasteiger partial charge in [-0.1, -0.05) is 32.9 Å². The van der Waals surface area contributed by atoms with Crippen LogP contribution in [0.2, 0.25) is 0 Å². The summed E-state index contributed by atoms with van der Waals surface area (Å²) < 4.78 is 0. The summed E-state index contributed by atoms with van der Waals surface area (Å²) >= 11 is 0. The lowest BCUT2D eigenvalue weighted by Gasteiger charge is -2.37. The number of fused-ring (bicyclic) bond motifs is 1. The van der Waals surface area contributed by atoms with E-state index >= 15 is 0 Å². The second-order valence-corrected chi connectivity index (χ2v) is 9.66. The molecular formula is C23H29N5O3. The molecule has 3 atom stereocenters. The molecule has 2 aliphatic heterocycles. The van der Waals surface area contributed by atoms with Gasteiger partial charge >= 0.3 is 6.09 Å². The highest BCUT2D eigenvalue weighted by atomic mass is 16.4. The number of nitrogens with zero attached hydrogens (tertiary/aromatic N) is 4. The van der Waals surface area contributed by atoms with Crippen molar-refractivity contribution in [2.75, 3.05) is 29.9 Å². The predicted molar refractivity (Wildman–Crippen MR) is 118 cm³/mol. The van der Waals surface area contributed by atoms with Crippen molar-refractivity contribution in [3.05, 3.63) is 47.9 Å². The molecule has 8 heteroatoms. The minimum Gasteiger partial charge on any atom is -0.465 e. The molecule has 3 heterocycles. The molecule has 0 spiro atoms. The molecule has 164 valence electrons. The minimum absolute atomic E-state index is 0.0549. The number of aromatic nitrogens is 2. The first-order valence-corrected chi connectivity index (χ1v) is 10.6. The van der Waals surface area contributed by atoms with Crippen LogP contribution in [0.15, 0.2) is 36.7 Å². The van der Waals surface area contributed by atoms with E-state index < -0.39 is 6.09 Å². The van der Waals surface area contributed by atoms with Crippen LogP contribution in [-0.4, -0.2) is 57.7 Å². The van der Waals surface area contributed by atoms with Crippen LogP contribution in [0.25, 0.3) is 0 Å². The SMILES string of the molecule is Cc1cccc(NC(=O)c2cncc(N3C[C@@H]4CN(C(=O)O)C(C(C)(C)C)[C@@H]4C3)n2)c1. The van der Waals surface area contributed by atoms with E-state index in [2.05, 4.69) is 41.0 Å². The molecule has 1 aromatic carbocycles. The Bertz CT molecular complexity index is 1000. The van der Waals surface area contributed by atoms with Gasteiger partial charge in [0.2, 0.25) is 0 Å². The number of rotatable bonds is 3. The van der Waals surface area contributed by atoms with E-state index in [-0.39, 0.29) is 34.9 Å². The first kappa shape index (κ1) is 21.1. The lowest BCUT2D eigenvalue weighted by atomic mass is 9.78. The third kappa shape index (κ3) is 4.19. The molecule has 0 radical (unpaired) electrons. The molecule has 2 N–H and O–H groups in total. The standard InChI is InChI=1S/C23H29N5O3/c1-14-6-5-7-16(8-14)25-21(29)18-9-24-10-19(26-18)27-11-15-12-28(22(30)31)20(17(15)13-27)23(2,3)4/h5-10,15,17,20H,11-13H2,1-4H3,(H,25,29)(H,30,31)/t15-,17-,20?/m1/s1. The fourth-order valence-corrected chi connectivity index (χ4v) is 5.07. The highest BCUT2D eigenvalue weighted by Crippen LogP contribution is 2.44. The van der Waals surface area contributed by atoms with Gasteiger partial charge in [0, 0.05) is 43.2 Å². The van der Waals surface area contributed by atoms with Crippen molar-refractivity contribution in [1.29, 1.82) is 0 Å². The van der Waals surface area contributed by atoms with Crippen LogP contribution in [-0.2, 0) is 0 Å². The number of amides is 2. The summed E-state index contributed by atoms with van der Waals surface area (Å²) in [7, 11) is 0. The summed E-state index contributed by atoms with van der Waals surface area (Å²) in [5.41, 5.74) is 1.88. The van der Waals surface area contributed by atoms with E-state index in [1.54, 1.807) is 11.1 Å². The second kappa shape index (κ2) is 7.83. The van der Waals surface area contributed by atoms with E-state index in [1.165, 1.54) is 6.20 Å². The molecule has 4 rings (SSSR count). The quantitative estimate of drug-likeness (QED) is 0.784. The first-order valence-electron chi connectivity index (χ1n) is 10.6. The maximum Gasteiger partial charge on any atom is 0.407 e. The van der Waals surface area contributed by atoms with Crippen molar-refractivity contribution in [2.45, 2.75) is 33.7 Å². The van der Waals surface area contributed by atoms with Crippen molar-refractivity contribution >= 4 is 23.5 Å². The highest BCUT2D eigenvalue weighted by molar-refractivity contribution is 6.02. The molecule has 2 fully saturated rings. The normalized spacial score (nSPS) is 23.0. The number of hydrogen-bond donors (Lipinski definition) is 2. The molecule has 8 nitrogen and oxygen atoms in total. The maximum absolute atomic E-state index is 12.7. The summed E-state index contributed by atoms with van der Waals surface area (Å²) in [5.74, 6) is 0.819. The molecule has 1 unspecified atom stereocenters. The van der Waals surface area contributed by atoms with Crippen molar-refractivity contribution in [2.24, 2.45) is 17.3 Å². The van der Waals surface area contributed by atoms with Crippen molar-refractivity contribution < 1.29 is 14.7 Å². The number of hydrogen-bond acceptors (Lipinski definition) is 5. The van der Waals surface area contributed by atoms with Gasteiger partial charge in [0.1, 0.15) is 11.5 Å². The number of likely N-dealkylation sites (tertiary alicyclic amines) is 1. The van der Waals surface area contributed by atoms with E-state index in [0.717, 1.165) is 11.3 Å². The minimum atomic E-state index is -0.851. The van der Waals surface area contributed by atoms with Gasteiger partial charge in [-0.15, -0.1) is 0 Å². The van der Waals surface area contributed by atoms with Gasteiger partial charge in [0.15, 0.2) is 0 Å². The first-order chi connectivity index (χ1) is 14.6. The van der Waals surface area contributed by atoms with E-state index in [9.17, 15) is 14.7 Å². The Kier molecular flexibility index (Phi) is 5.33. The van der Waals surface area contributed by atoms with E-state index in [4.69, 9.17) is 0 Å². The third-order valence-electron chi connectivity index (χ3n) is 6.25.